The molecule has 94 valence electrons. The highest BCUT2D eigenvalue weighted by Crippen LogP contribution is 2.31. The van der Waals surface area contributed by atoms with E-state index in [9.17, 15) is 0 Å². The first-order valence-electron chi connectivity index (χ1n) is 6.85. The molecule has 1 fully saturated rings. The quantitative estimate of drug-likeness (QED) is 0.863. The highest BCUT2D eigenvalue weighted by atomic mass is 14.9. The van der Waals surface area contributed by atoms with Gasteiger partial charge >= 0.3 is 0 Å². The van der Waals surface area contributed by atoms with Crippen LogP contribution in [0.1, 0.15) is 38.2 Å². The smallest absolute Gasteiger partial charge is 0.0300 e. The summed E-state index contributed by atoms with van der Waals surface area (Å²) < 4.78 is 0. The van der Waals surface area contributed by atoms with Crippen molar-refractivity contribution in [1.29, 1.82) is 0 Å². The third kappa shape index (κ3) is 3.53. The van der Waals surface area contributed by atoms with Gasteiger partial charge in [0.2, 0.25) is 0 Å². The number of pyridine rings is 1. The van der Waals surface area contributed by atoms with Crippen LogP contribution in [0.25, 0.3) is 0 Å². The van der Waals surface area contributed by atoms with Crippen molar-refractivity contribution in [2.45, 2.75) is 45.1 Å². The van der Waals surface area contributed by atoms with E-state index in [2.05, 4.69) is 30.3 Å². The van der Waals surface area contributed by atoms with E-state index in [1.165, 1.54) is 31.2 Å². The average molecular weight is 232 g/mol. The summed E-state index contributed by atoms with van der Waals surface area (Å²) in [5, 5.41) is 3.51. The van der Waals surface area contributed by atoms with Gasteiger partial charge in [0, 0.05) is 18.4 Å². The summed E-state index contributed by atoms with van der Waals surface area (Å²) in [7, 11) is 2.10. The van der Waals surface area contributed by atoms with E-state index < -0.39 is 0 Å². The number of rotatable bonds is 4. The predicted octanol–water partition coefficient (Wildman–Crippen LogP) is 3.04. The van der Waals surface area contributed by atoms with Crippen LogP contribution < -0.4 is 5.32 Å². The average Bonchev–Trinajstić information content (AvgIpc) is 2.38. The molecule has 0 bridgehead atoms. The van der Waals surface area contributed by atoms with Crippen LogP contribution in [-0.2, 0) is 6.42 Å². The zero-order chi connectivity index (χ0) is 12.1. The molecule has 0 aliphatic heterocycles. The standard InChI is InChI=1S/C15H24N2/c1-12-5-7-14(8-6-12)15(16-2)10-13-4-3-9-17-11-13/h3-4,9,11-12,14-16H,5-8,10H2,1-2H3. The number of likely N-dealkylation sites (N-methyl/N-ethyl adjacent to an activating group) is 1. The molecular formula is C15H24N2. The van der Waals surface area contributed by atoms with Gasteiger partial charge < -0.3 is 5.32 Å². The summed E-state index contributed by atoms with van der Waals surface area (Å²) in [6, 6.07) is 4.83. The highest BCUT2D eigenvalue weighted by molar-refractivity contribution is 5.10. The van der Waals surface area contributed by atoms with Gasteiger partial charge in [0.25, 0.3) is 0 Å². The normalized spacial score (nSPS) is 26.7. The number of nitrogens with one attached hydrogen (secondary N) is 1. The Morgan fingerprint density at radius 2 is 2.12 bits per heavy atom. The van der Waals surface area contributed by atoms with Crippen LogP contribution in [0.3, 0.4) is 0 Å². The van der Waals surface area contributed by atoms with Gasteiger partial charge in [0.1, 0.15) is 0 Å². The van der Waals surface area contributed by atoms with Crippen molar-refractivity contribution in [2.24, 2.45) is 11.8 Å². The Morgan fingerprint density at radius 3 is 2.71 bits per heavy atom. The van der Waals surface area contributed by atoms with E-state index >= 15 is 0 Å². The van der Waals surface area contributed by atoms with E-state index in [-0.39, 0.29) is 0 Å². The summed E-state index contributed by atoms with van der Waals surface area (Å²) >= 11 is 0. The first-order chi connectivity index (χ1) is 8.29. The SMILES string of the molecule is CNC(Cc1cccnc1)C1CCC(C)CC1. The van der Waals surface area contributed by atoms with E-state index in [0.717, 1.165) is 18.3 Å². The van der Waals surface area contributed by atoms with E-state index in [0.29, 0.717) is 6.04 Å². The van der Waals surface area contributed by atoms with Crippen molar-refractivity contribution in [3.05, 3.63) is 30.1 Å². The fraction of sp³-hybridized carbons (Fsp3) is 0.667. The van der Waals surface area contributed by atoms with E-state index in [1.807, 2.05) is 18.5 Å². The monoisotopic (exact) mass is 232 g/mol. The van der Waals surface area contributed by atoms with Crippen LogP contribution in [0.2, 0.25) is 0 Å². The topological polar surface area (TPSA) is 24.9 Å². The molecule has 1 aliphatic carbocycles. The molecular weight excluding hydrogens is 208 g/mol. The molecule has 2 rings (SSSR count). The molecule has 0 radical (unpaired) electrons. The molecule has 0 spiro atoms. The maximum absolute atomic E-state index is 4.20. The predicted molar refractivity (Wildman–Crippen MR) is 71.9 cm³/mol. The maximum atomic E-state index is 4.20. The molecule has 1 unspecified atom stereocenters. The first-order valence-corrected chi connectivity index (χ1v) is 6.85. The van der Waals surface area contributed by atoms with Crippen LogP contribution in [0.15, 0.2) is 24.5 Å². The van der Waals surface area contributed by atoms with Gasteiger partial charge in [0.15, 0.2) is 0 Å². The van der Waals surface area contributed by atoms with Gasteiger partial charge in [-0.25, -0.2) is 0 Å². The molecule has 2 heteroatoms. The zero-order valence-electron chi connectivity index (χ0n) is 11.0. The second kappa shape index (κ2) is 6.15. The molecule has 17 heavy (non-hydrogen) atoms. The number of aromatic nitrogens is 1. The lowest BCUT2D eigenvalue weighted by Gasteiger charge is -2.32. The fourth-order valence-electron chi connectivity index (χ4n) is 2.97. The van der Waals surface area contributed by atoms with Crippen LogP contribution >= 0.6 is 0 Å². The molecule has 1 atom stereocenters. The van der Waals surface area contributed by atoms with Gasteiger partial charge in [-0.15, -0.1) is 0 Å². The summed E-state index contributed by atoms with van der Waals surface area (Å²) in [6.45, 7) is 2.38. The van der Waals surface area contributed by atoms with Gasteiger partial charge in [-0.2, -0.15) is 0 Å². The van der Waals surface area contributed by atoms with Crippen LogP contribution in [-0.4, -0.2) is 18.1 Å². The summed E-state index contributed by atoms with van der Waals surface area (Å²) in [5.74, 6) is 1.78. The number of hydrogen-bond acceptors (Lipinski definition) is 2. The fourth-order valence-corrected chi connectivity index (χ4v) is 2.97. The Balaban J connectivity index is 1.92. The Bertz CT molecular complexity index is 315. The Hall–Kier alpha value is -0.890. The van der Waals surface area contributed by atoms with Crippen molar-refractivity contribution in [1.82, 2.24) is 10.3 Å². The van der Waals surface area contributed by atoms with Gasteiger partial charge in [-0.05, 0) is 49.8 Å². The van der Waals surface area contributed by atoms with Gasteiger partial charge in [-0.3, -0.25) is 4.98 Å². The molecule has 1 aromatic heterocycles. The molecule has 1 saturated carbocycles. The number of nitrogens with zero attached hydrogens (tertiary/aromatic N) is 1. The zero-order valence-corrected chi connectivity index (χ0v) is 11.0. The molecule has 1 N–H and O–H groups in total. The largest absolute Gasteiger partial charge is 0.316 e. The van der Waals surface area contributed by atoms with E-state index in [4.69, 9.17) is 0 Å². The number of hydrogen-bond donors (Lipinski definition) is 1. The summed E-state index contributed by atoms with van der Waals surface area (Å²) in [5.41, 5.74) is 1.35. The van der Waals surface area contributed by atoms with Crippen molar-refractivity contribution < 1.29 is 0 Å². The Morgan fingerprint density at radius 1 is 1.35 bits per heavy atom. The Labute approximate surface area is 105 Å². The molecule has 0 aromatic carbocycles. The summed E-state index contributed by atoms with van der Waals surface area (Å²) in [6.07, 6.45) is 10.5. The van der Waals surface area contributed by atoms with Gasteiger partial charge in [-0.1, -0.05) is 25.8 Å². The summed E-state index contributed by atoms with van der Waals surface area (Å²) in [4.78, 5) is 4.20. The minimum atomic E-state index is 0.617. The van der Waals surface area contributed by atoms with Crippen molar-refractivity contribution >= 4 is 0 Å². The lowest BCUT2D eigenvalue weighted by molar-refractivity contribution is 0.235. The molecule has 1 aliphatic rings. The second-order valence-corrected chi connectivity index (χ2v) is 5.48. The second-order valence-electron chi connectivity index (χ2n) is 5.48. The van der Waals surface area contributed by atoms with Crippen molar-refractivity contribution in [2.75, 3.05) is 7.05 Å². The molecule has 2 nitrogen and oxygen atoms in total. The lowest BCUT2D eigenvalue weighted by atomic mass is 9.78. The minimum Gasteiger partial charge on any atom is -0.316 e. The molecule has 0 amide bonds. The van der Waals surface area contributed by atoms with Crippen LogP contribution in [0.5, 0.6) is 0 Å². The first kappa shape index (κ1) is 12.6. The molecule has 1 heterocycles. The maximum Gasteiger partial charge on any atom is 0.0300 e. The van der Waals surface area contributed by atoms with E-state index in [1.54, 1.807) is 0 Å². The van der Waals surface area contributed by atoms with Crippen LogP contribution in [0, 0.1) is 11.8 Å². The third-order valence-corrected chi connectivity index (χ3v) is 4.18. The van der Waals surface area contributed by atoms with Crippen LogP contribution in [0.4, 0.5) is 0 Å². The van der Waals surface area contributed by atoms with Crippen molar-refractivity contribution in [3.63, 3.8) is 0 Å². The molecule has 1 aromatic rings. The Kier molecular flexibility index (Phi) is 4.55. The molecule has 0 saturated heterocycles. The minimum absolute atomic E-state index is 0.617. The lowest BCUT2D eigenvalue weighted by Crippen LogP contribution is -2.37. The highest BCUT2D eigenvalue weighted by Gasteiger charge is 2.25. The third-order valence-electron chi connectivity index (χ3n) is 4.18. The van der Waals surface area contributed by atoms with Crippen molar-refractivity contribution in [3.8, 4) is 0 Å². The van der Waals surface area contributed by atoms with Gasteiger partial charge in [0.05, 0.1) is 0 Å².